The molecule has 0 saturated heterocycles. The van der Waals surface area contributed by atoms with Gasteiger partial charge >= 0.3 is 11.9 Å². The molecule has 18 heavy (non-hydrogen) atoms. The van der Waals surface area contributed by atoms with Crippen LogP contribution >= 0.6 is 0 Å². The molecule has 0 aliphatic rings. The summed E-state index contributed by atoms with van der Waals surface area (Å²) in [6.45, 7) is 8.05. The second-order valence-electron chi connectivity index (χ2n) is 4.01. The summed E-state index contributed by atoms with van der Waals surface area (Å²) in [5, 5.41) is 0. The number of hydrogen-bond donors (Lipinski definition) is 0. The lowest BCUT2D eigenvalue weighted by Gasteiger charge is -2.28. The van der Waals surface area contributed by atoms with E-state index >= 15 is 0 Å². The maximum absolute atomic E-state index is 11.9. The van der Waals surface area contributed by atoms with Crippen LogP contribution in [-0.2, 0) is 23.8 Å². The third-order valence-corrected chi connectivity index (χ3v) is 2.97. The molecule has 0 unspecified atom stereocenters. The van der Waals surface area contributed by atoms with Gasteiger partial charge in [0.2, 0.25) is 0 Å². The molecule has 106 valence electrons. The Bertz CT molecular complexity index is 258. The van der Waals surface area contributed by atoms with E-state index in [1.807, 2.05) is 13.8 Å². The fourth-order valence-electron chi connectivity index (χ4n) is 1.62. The van der Waals surface area contributed by atoms with Crippen LogP contribution in [0.4, 0.5) is 0 Å². The number of rotatable bonds is 9. The molecule has 0 aromatic carbocycles. The number of carbonyl (C=O) groups excluding carboxylic acids is 2. The first-order valence-electron chi connectivity index (χ1n) is 6.46. The van der Waals surface area contributed by atoms with Crippen LogP contribution in [0.3, 0.4) is 0 Å². The van der Waals surface area contributed by atoms with Crippen LogP contribution in [0.15, 0.2) is 0 Å². The predicted octanol–water partition coefficient (Wildman–Crippen LogP) is 1.94. The second kappa shape index (κ2) is 8.91. The Morgan fingerprint density at radius 3 is 1.94 bits per heavy atom. The molecule has 5 heteroatoms. The lowest BCUT2D eigenvalue weighted by Crippen LogP contribution is -2.37. The Kier molecular flexibility index (Phi) is 8.37. The zero-order chi connectivity index (χ0) is 14.0. The zero-order valence-corrected chi connectivity index (χ0v) is 11.8. The van der Waals surface area contributed by atoms with Crippen molar-refractivity contribution >= 4 is 11.9 Å². The van der Waals surface area contributed by atoms with Crippen molar-refractivity contribution in [1.29, 1.82) is 0 Å². The van der Waals surface area contributed by atoms with Crippen LogP contribution in [0.1, 0.15) is 40.5 Å². The van der Waals surface area contributed by atoms with E-state index in [9.17, 15) is 9.59 Å². The molecule has 0 aliphatic heterocycles. The van der Waals surface area contributed by atoms with Crippen LogP contribution < -0.4 is 0 Å². The molecule has 0 saturated carbocycles. The summed E-state index contributed by atoms with van der Waals surface area (Å²) < 4.78 is 15.1. The van der Waals surface area contributed by atoms with Crippen molar-refractivity contribution in [1.82, 2.24) is 0 Å². The van der Waals surface area contributed by atoms with Gasteiger partial charge in [-0.25, -0.2) is 4.79 Å². The highest BCUT2D eigenvalue weighted by atomic mass is 16.6. The maximum atomic E-state index is 11.9. The molecule has 0 rings (SSSR count). The fraction of sp³-hybridized carbons (Fsp3) is 0.846. The molecule has 0 fully saturated rings. The predicted molar refractivity (Wildman–Crippen MR) is 67.1 cm³/mol. The standard InChI is InChI=1S/C13H24O5/c1-5-13(6-2,12(15)18-8-4)10-16-9-11(14)17-7-3/h5-10H2,1-4H3. The normalized spacial score (nSPS) is 11.1. The van der Waals surface area contributed by atoms with Gasteiger partial charge in [0.25, 0.3) is 0 Å². The van der Waals surface area contributed by atoms with E-state index in [1.54, 1.807) is 13.8 Å². The summed E-state index contributed by atoms with van der Waals surface area (Å²) in [5.74, 6) is -0.679. The first-order chi connectivity index (χ1) is 8.56. The summed E-state index contributed by atoms with van der Waals surface area (Å²) in [7, 11) is 0. The lowest BCUT2D eigenvalue weighted by molar-refractivity contribution is -0.164. The second-order valence-corrected chi connectivity index (χ2v) is 4.01. The average molecular weight is 260 g/mol. The third-order valence-electron chi connectivity index (χ3n) is 2.97. The lowest BCUT2D eigenvalue weighted by atomic mass is 9.83. The molecule has 0 atom stereocenters. The highest BCUT2D eigenvalue weighted by Crippen LogP contribution is 2.28. The first kappa shape index (κ1) is 16.9. The number of esters is 2. The van der Waals surface area contributed by atoms with Crippen LogP contribution in [0.2, 0.25) is 0 Å². The van der Waals surface area contributed by atoms with E-state index in [-0.39, 0.29) is 19.2 Å². The molecule has 0 radical (unpaired) electrons. The van der Waals surface area contributed by atoms with Crippen molar-refractivity contribution < 1.29 is 23.8 Å². The van der Waals surface area contributed by atoms with Crippen molar-refractivity contribution in [3.05, 3.63) is 0 Å². The van der Waals surface area contributed by atoms with E-state index in [0.717, 1.165) is 0 Å². The average Bonchev–Trinajstić information content (AvgIpc) is 2.35. The van der Waals surface area contributed by atoms with Gasteiger partial charge in [0.15, 0.2) is 0 Å². The van der Waals surface area contributed by atoms with E-state index < -0.39 is 11.4 Å². The number of ether oxygens (including phenoxy) is 3. The summed E-state index contributed by atoms with van der Waals surface area (Å²) in [6, 6.07) is 0. The Balaban J connectivity index is 4.35. The summed E-state index contributed by atoms with van der Waals surface area (Å²) in [6.07, 6.45) is 1.23. The molecule has 0 aromatic rings. The number of carbonyl (C=O) groups is 2. The van der Waals surface area contributed by atoms with Gasteiger partial charge in [-0.15, -0.1) is 0 Å². The van der Waals surface area contributed by atoms with Crippen molar-refractivity contribution in [2.45, 2.75) is 40.5 Å². The fourth-order valence-corrected chi connectivity index (χ4v) is 1.62. The Morgan fingerprint density at radius 1 is 0.944 bits per heavy atom. The van der Waals surface area contributed by atoms with Crippen molar-refractivity contribution in [3.8, 4) is 0 Å². The molecule has 0 heterocycles. The van der Waals surface area contributed by atoms with Gasteiger partial charge in [-0.2, -0.15) is 0 Å². The third kappa shape index (κ3) is 5.04. The minimum absolute atomic E-state index is 0.130. The Labute approximate surface area is 109 Å². The Hall–Kier alpha value is -1.10. The number of hydrogen-bond acceptors (Lipinski definition) is 5. The zero-order valence-electron chi connectivity index (χ0n) is 11.8. The van der Waals surface area contributed by atoms with Gasteiger partial charge in [0, 0.05) is 0 Å². The topological polar surface area (TPSA) is 61.8 Å². The molecular weight excluding hydrogens is 236 g/mol. The minimum atomic E-state index is -0.664. The minimum Gasteiger partial charge on any atom is -0.465 e. The van der Waals surface area contributed by atoms with Crippen molar-refractivity contribution in [2.75, 3.05) is 26.4 Å². The van der Waals surface area contributed by atoms with E-state index in [1.165, 1.54) is 0 Å². The molecule has 0 bridgehead atoms. The quantitative estimate of drug-likeness (QED) is 0.593. The monoisotopic (exact) mass is 260 g/mol. The molecule has 0 aliphatic carbocycles. The van der Waals surface area contributed by atoms with Crippen LogP contribution in [0, 0.1) is 5.41 Å². The van der Waals surface area contributed by atoms with Crippen LogP contribution in [0.5, 0.6) is 0 Å². The smallest absolute Gasteiger partial charge is 0.332 e. The SMILES string of the molecule is CCOC(=O)COCC(CC)(CC)C(=O)OCC. The highest BCUT2D eigenvalue weighted by molar-refractivity contribution is 5.77. The van der Waals surface area contributed by atoms with E-state index in [4.69, 9.17) is 14.2 Å². The van der Waals surface area contributed by atoms with Gasteiger partial charge in [-0.3, -0.25) is 4.79 Å². The Morgan fingerprint density at radius 2 is 1.50 bits per heavy atom. The van der Waals surface area contributed by atoms with E-state index in [0.29, 0.717) is 26.1 Å². The molecule has 0 spiro atoms. The van der Waals surface area contributed by atoms with Gasteiger partial charge in [0.1, 0.15) is 6.61 Å². The van der Waals surface area contributed by atoms with Gasteiger partial charge < -0.3 is 14.2 Å². The highest BCUT2D eigenvalue weighted by Gasteiger charge is 2.37. The van der Waals surface area contributed by atoms with E-state index in [2.05, 4.69) is 0 Å². The summed E-state index contributed by atoms with van der Waals surface area (Å²) in [5.41, 5.74) is -0.664. The van der Waals surface area contributed by atoms with Crippen molar-refractivity contribution in [3.63, 3.8) is 0 Å². The van der Waals surface area contributed by atoms with Crippen LogP contribution in [-0.4, -0.2) is 38.4 Å². The maximum Gasteiger partial charge on any atom is 0.332 e. The van der Waals surface area contributed by atoms with Gasteiger partial charge in [0.05, 0.1) is 25.2 Å². The van der Waals surface area contributed by atoms with Gasteiger partial charge in [-0.05, 0) is 26.7 Å². The molecule has 0 N–H and O–H groups in total. The molecule has 0 aromatic heterocycles. The first-order valence-corrected chi connectivity index (χ1v) is 6.46. The van der Waals surface area contributed by atoms with Gasteiger partial charge in [-0.1, -0.05) is 13.8 Å². The summed E-state index contributed by atoms with van der Waals surface area (Å²) in [4.78, 5) is 23.0. The molecular formula is C13H24O5. The summed E-state index contributed by atoms with van der Waals surface area (Å²) >= 11 is 0. The molecule has 0 amide bonds. The molecule has 5 nitrogen and oxygen atoms in total. The largest absolute Gasteiger partial charge is 0.465 e. The van der Waals surface area contributed by atoms with Crippen molar-refractivity contribution in [2.24, 2.45) is 5.41 Å². The van der Waals surface area contributed by atoms with Crippen LogP contribution in [0.25, 0.3) is 0 Å².